The van der Waals surface area contributed by atoms with Gasteiger partial charge < -0.3 is 10.2 Å². The molecule has 0 radical (unpaired) electrons. The summed E-state index contributed by atoms with van der Waals surface area (Å²) in [5.74, 6) is -2.38. The van der Waals surface area contributed by atoms with E-state index in [0.29, 0.717) is 12.0 Å². The maximum atomic E-state index is 13.0. The first kappa shape index (κ1) is 13.1. The van der Waals surface area contributed by atoms with Gasteiger partial charge in [-0.05, 0) is 40.0 Å². The lowest BCUT2D eigenvalue weighted by atomic mass is 9.94. The lowest BCUT2D eigenvalue weighted by molar-refractivity contribution is -0.146. The number of aliphatic hydroxyl groups excluding tert-OH is 1. The largest absolute Gasteiger partial charge is 0.481 e. The van der Waals surface area contributed by atoms with Crippen molar-refractivity contribution in [1.29, 1.82) is 0 Å². The van der Waals surface area contributed by atoms with E-state index >= 15 is 0 Å². The third-order valence-corrected chi connectivity index (χ3v) is 3.03. The molecule has 0 saturated carbocycles. The number of halogens is 2. The molecule has 0 aliphatic heterocycles. The van der Waals surface area contributed by atoms with Gasteiger partial charge in [0.2, 0.25) is 0 Å². The minimum Gasteiger partial charge on any atom is -0.481 e. The molecule has 0 heterocycles. The Labute approximate surface area is 101 Å². The molecule has 3 nitrogen and oxygen atoms in total. The van der Waals surface area contributed by atoms with Crippen molar-refractivity contribution in [3.05, 3.63) is 34.1 Å². The fourth-order valence-corrected chi connectivity index (χ4v) is 1.86. The van der Waals surface area contributed by atoms with Crippen LogP contribution in [-0.2, 0) is 4.79 Å². The van der Waals surface area contributed by atoms with Crippen LogP contribution in [0.3, 0.4) is 0 Å². The summed E-state index contributed by atoms with van der Waals surface area (Å²) in [6.45, 7) is 1.68. The Morgan fingerprint density at radius 1 is 1.56 bits per heavy atom. The predicted octanol–water partition coefficient (Wildman–Crippen LogP) is 2.73. The molecule has 0 aliphatic carbocycles. The van der Waals surface area contributed by atoms with Gasteiger partial charge in [0.1, 0.15) is 5.82 Å². The molecule has 0 amide bonds. The Morgan fingerprint density at radius 3 is 2.62 bits per heavy atom. The highest BCUT2D eigenvalue weighted by atomic mass is 79.9. The number of hydrogen-bond acceptors (Lipinski definition) is 2. The summed E-state index contributed by atoms with van der Waals surface area (Å²) in [5, 5.41) is 18.7. The topological polar surface area (TPSA) is 57.5 Å². The Kier molecular flexibility index (Phi) is 4.44. The third kappa shape index (κ3) is 2.80. The van der Waals surface area contributed by atoms with Crippen molar-refractivity contribution < 1.29 is 19.4 Å². The van der Waals surface area contributed by atoms with E-state index in [-0.39, 0.29) is 4.47 Å². The fraction of sp³-hybridized carbons (Fsp3) is 0.364. The highest BCUT2D eigenvalue weighted by Crippen LogP contribution is 2.28. The minimum atomic E-state index is -1.13. The van der Waals surface area contributed by atoms with E-state index in [2.05, 4.69) is 15.9 Å². The van der Waals surface area contributed by atoms with Crippen LogP contribution in [0.1, 0.15) is 25.0 Å². The third-order valence-electron chi connectivity index (χ3n) is 2.42. The molecule has 5 heteroatoms. The SMILES string of the molecule is CCC(C(=O)O)C(O)c1ccc(F)c(Br)c1. The molecule has 2 atom stereocenters. The highest BCUT2D eigenvalue weighted by molar-refractivity contribution is 9.10. The number of hydrogen-bond donors (Lipinski definition) is 2. The first-order valence-electron chi connectivity index (χ1n) is 4.83. The monoisotopic (exact) mass is 290 g/mol. The first-order chi connectivity index (χ1) is 7.47. The lowest BCUT2D eigenvalue weighted by Crippen LogP contribution is -2.21. The van der Waals surface area contributed by atoms with Crippen molar-refractivity contribution >= 4 is 21.9 Å². The Balaban J connectivity index is 2.99. The first-order valence-corrected chi connectivity index (χ1v) is 5.62. The number of rotatable bonds is 4. The second kappa shape index (κ2) is 5.41. The highest BCUT2D eigenvalue weighted by Gasteiger charge is 2.26. The Hall–Kier alpha value is -0.940. The zero-order valence-corrected chi connectivity index (χ0v) is 10.2. The smallest absolute Gasteiger partial charge is 0.309 e. The van der Waals surface area contributed by atoms with E-state index in [1.807, 2.05) is 0 Å². The van der Waals surface area contributed by atoms with Gasteiger partial charge in [-0.1, -0.05) is 13.0 Å². The summed E-state index contributed by atoms with van der Waals surface area (Å²) >= 11 is 2.99. The maximum Gasteiger partial charge on any atom is 0.309 e. The number of carbonyl (C=O) groups is 1. The standard InChI is InChI=1S/C11H12BrFO3/c1-2-7(11(15)16)10(14)6-3-4-9(13)8(12)5-6/h3-5,7,10,14H,2H2,1H3,(H,15,16). The van der Waals surface area contributed by atoms with Gasteiger partial charge in [0.25, 0.3) is 0 Å². The number of carboxylic acids is 1. The molecule has 0 spiro atoms. The van der Waals surface area contributed by atoms with E-state index in [4.69, 9.17) is 5.11 Å². The minimum absolute atomic E-state index is 0.212. The van der Waals surface area contributed by atoms with Crippen molar-refractivity contribution in [3.63, 3.8) is 0 Å². The molecule has 2 unspecified atom stereocenters. The van der Waals surface area contributed by atoms with Crippen LogP contribution in [0.4, 0.5) is 4.39 Å². The van der Waals surface area contributed by atoms with Gasteiger partial charge in [-0.3, -0.25) is 4.79 Å². The van der Waals surface area contributed by atoms with E-state index in [0.717, 1.165) is 0 Å². The average Bonchev–Trinajstić information content (AvgIpc) is 2.22. The summed E-state index contributed by atoms with van der Waals surface area (Å²) in [7, 11) is 0. The van der Waals surface area contributed by atoms with Crippen molar-refractivity contribution in [2.45, 2.75) is 19.4 Å². The molecular weight excluding hydrogens is 279 g/mol. The van der Waals surface area contributed by atoms with Crippen LogP contribution >= 0.6 is 15.9 Å². The van der Waals surface area contributed by atoms with Crippen molar-refractivity contribution in [1.82, 2.24) is 0 Å². The summed E-state index contributed by atoms with van der Waals surface area (Å²) in [4.78, 5) is 10.9. The van der Waals surface area contributed by atoms with Crippen LogP contribution < -0.4 is 0 Å². The van der Waals surface area contributed by atoms with Crippen LogP contribution in [-0.4, -0.2) is 16.2 Å². The molecule has 0 saturated heterocycles. The Morgan fingerprint density at radius 2 is 2.19 bits per heavy atom. The van der Waals surface area contributed by atoms with Crippen molar-refractivity contribution in [2.75, 3.05) is 0 Å². The van der Waals surface area contributed by atoms with Gasteiger partial charge >= 0.3 is 5.97 Å². The lowest BCUT2D eigenvalue weighted by Gasteiger charge is -2.18. The van der Waals surface area contributed by atoms with Crippen LogP contribution in [0, 0.1) is 11.7 Å². The van der Waals surface area contributed by atoms with Crippen LogP contribution in [0.15, 0.2) is 22.7 Å². The normalized spacial score (nSPS) is 14.5. The number of benzene rings is 1. The summed E-state index contributed by atoms with van der Waals surface area (Å²) in [5.41, 5.74) is 0.391. The zero-order chi connectivity index (χ0) is 12.3. The number of aliphatic hydroxyl groups is 1. The second-order valence-electron chi connectivity index (χ2n) is 3.47. The number of carboxylic acid groups (broad SMARTS) is 1. The van der Waals surface area contributed by atoms with Crippen molar-refractivity contribution in [2.24, 2.45) is 5.92 Å². The summed E-state index contributed by atoms with van der Waals surface area (Å²) in [6.07, 6.45) is -0.815. The van der Waals surface area contributed by atoms with Gasteiger partial charge in [-0.15, -0.1) is 0 Å². The summed E-state index contributed by atoms with van der Waals surface area (Å²) < 4.78 is 13.2. The molecule has 1 aromatic carbocycles. The van der Waals surface area contributed by atoms with Gasteiger partial charge in [0.05, 0.1) is 16.5 Å². The van der Waals surface area contributed by atoms with Crippen LogP contribution in [0.2, 0.25) is 0 Å². The van der Waals surface area contributed by atoms with Crippen LogP contribution in [0.5, 0.6) is 0 Å². The number of aliphatic carboxylic acids is 1. The van der Waals surface area contributed by atoms with Gasteiger partial charge in [-0.25, -0.2) is 4.39 Å². The van der Waals surface area contributed by atoms with Crippen LogP contribution in [0.25, 0.3) is 0 Å². The van der Waals surface area contributed by atoms with E-state index in [1.165, 1.54) is 18.2 Å². The molecule has 0 aromatic heterocycles. The average molecular weight is 291 g/mol. The molecule has 0 bridgehead atoms. The fourth-order valence-electron chi connectivity index (χ4n) is 1.46. The molecule has 1 rings (SSSR count). The quantitative estimate of drug-likeness (QED) is 0.896. The zero-order valence-electron chi connectivity index (χ0n) is 8.65. The molecule has 0 aliphatic rings. The van der Waals surface area contributed by atoms with E-state index < -0.39 is 23.8 Å². The molecule has 16 heavy (non-hydrogen) atoms. The predicted molar refractivity (Wildman–Crippen MR) is 60.5 cm³/mol. The van der Waals surface area contributed by atoms with Crippen molar-refractivity contribution in [3.8, 4) is 0 Å². The molecule has 2 N–H and O–H groups in total. The molecule has 1 aromatic rings. The molecule has 88 valence electrons. The molecule has 0 fully saturated rings. The van der Waals surface area contributed by atoms with Gasteiger partial charge in [0, 0.05) is 0 Å². The van der Waals surface area contributed by atoms with Gasteiger partial charge in [-0.2, -0.15) is 0 Å². The van der Waals surface area contributed by atoms with E-state index in [9.17, 15) is 14.3 Å². The van der Waals surface area contributed by atoms with E-state index in [1.54, 1.807) is 6.92 Å². The van der Waals surface area contributed by atoms with Gasteiger partial charge in [0.15, 0.2) is 0 Å². The Bertz CT molecular complexity index is 395. The molecular formula is C11H12BrFO3. The maximum absolute atomic E-state index is 13.0. The summed E-state index contributed by atoms with van der Waals surface area (Å²) in [6, 6.07) is 3.97. The second-order valence-corrected chi connectivity index (χ2v) is 4.33.